The van der Waals surface area contributed by atoms with Crippen molar-refractivity contribution >= 4 is 11.9 Å². The monoisotopic (exact) mass is 346 g/mol. The van der Waals surface area contributed by atoms with E-state index in [4.69, 9.17) is 4.74 Å². The molecule has 138 valence electrons. The summed E-state index contributed by atoms with van der Waals surface area (Å²) in [5.74, 6) is 2.44. The van der Waals surface area contributed by atoms with Crippen molar-refractivity contribution < 1.29 is 9.53 Å². The molecule has 1 aliphatic heterocycles. The van der Waals surface area contributed by atoms with E-state index >= 15 is 0 Å². The summed E-state index contributed by atoms with van der Waals surface area (Å²) >= 11 is 0. The summed E-state index contributed by atoms with van der Waals surface area (Å²) in [6.07, 6.45) is 2.67. The number of para-hydroxylation sites is 1. The van der Waals surface area contributed by atoms with E-state index in [-0.39, 0.29) is 5.91 Å². The van der Waals surface area contributed by atoms with E-state index in [9.17, 15) is 4.79 Å². The first kappa shape index (κ1) is 19.1. The summed E-state index contributed by atoms with van der Waals surface area (Å²) in [7, 11) is 3.50. The van der Waals surface area contributed by atoms with Gasteiger partial charge in [-0.3, -0.25) is 9.79 Å². The third kappa shape index (κ3) is 5.96. The average Bonchev–Trinajstić information content (AvgIpc) is 2.64. The first-order valence-electron chi connectivity index (χ1n) is 8.98. The van der Waals surface area contributed by atoms with Gasteiger partial charge in [-0.2, -0.15) is 0 Å². The van der Waals surface area contributed by atoms with Crippen molar-refractivity contribution in [1.29, 1.82) is 0 Å². The minimum absolute atomic E-state index is 0.134. The Balaban J connectivity index is 1.71. The van der Waals surface area contributed by atoms with E-state index in [2.05, 4.69) is 20.5 Å². The first-order chi connectivity index (χ1) is 12.1. The molecule has 1 aliphatic rings. The van der Waals surface area contributed by atoms with Crippen molar-refractivity contribution in [2.24, 2.45) is 10.9 Å². The van der Waals surface area contributed by atoms with Crippen LogP contribution in [0.25, 0.3) is 0 Å². The zero-order valence-corrected chi connectivity index (χ0v) is 15.5. The van der Waals surface area contributed by atoms with Gasteiger partial charge in [-0.1, -0.05) is 18.2 Å². The molecule has 1 heterocycles. The fraction of sp³-hybridized carbons (Fsp3) is 0.579. The maximum atomic E-state index is 11.5. The number of piperidine rings is 1. The molecule has 6 heteroatoms. The van der Waals surface area contributed by atoms with Crippen LogP contribution in [0, 0.1) is 12.8 Å². The molecular formula is C19H30N4O2. The third-order valence-corrected chi connectivity index (χ3v) is 4.62. The predicted molar refractivity (Wildman–Crippen MR) is 101 cm³/mol. The molecule has 0 saturated carbocycles. The third-order valence-electron chi connectivity index (χ3n) is 4.62. The Morgan fingerprint density at radius 1 is 1.32 bits per heavy atom. The Morgan fingerprint density at radius 2 is 2.04 bits per heavy atom. The molecule has 0 radical (unpaired) electrons. The molecule has 0 aliphatic carbocycles. The highest BCUT2D eigenvalue weighted by Gasteiger charge is 2.22. The van der Waals surface area contributed by atoms with Gasteiger partial charge in [-0.15, -0.1) is 0 Å². The van der Waals surface area contributed by atoms with Crippen molar-refractivity contribution in [3.05, 3.63) is 29.8 Å². The first-order valence-corrected chi connectivity index (χ1v) is 8.98. The number of aryl methyl sites for hydroxylation is 1. The van der Waals surface area contributed by atoms with Crippen LogP contribution in [0.3, 0.4) is 0 Å². The number of likely N-dealkylation sites (tertiary alicyclic amines) is 1. The minimum atomic E-state index is 0.134. The lowest BCUT2D eigenvalue weighted by molar-refractivity contribution is -0.121. The SMILES string of the molecule is CN=C(NCCOc1ccccc1C)N1CCC(CC(=O)NC)CC1. The number of carbonyl (C=O) groups excluding carboxylic acids is 1. The second-order valence-corrected chi connectivity index (χ2v) is 6.40. The molecule has 0 unspecified atom stereocenters. The maximum absolute atomic E-state index is 11.5. The van der Waals surface area contributed by atoms with Crippen LogP contribution in [-0.2, 0) is 4.79 Å². The van der Waals surface area contributed by atoms with Gasteiger partial charge in [-0.05, 0) is 37.3 Å². The van der Waals surface area contributed by atoms with E-state index in [1.54, 1.807) is 14.1 Å². The van der Waals surface area contributed by atoms with E-state index < -0.39 is 0 Å². The molecule has 0 aromatic heterocycles. The zero-order chi connectivity index (χ0) is 18.1. The summed E-state index contributed by atoms with van der Waals surface area (Å²) in [5.41, 5.74) is 1.14. The lowest BCUT2D eigenvalue weighted by Gasteiger charge is -2.34. The topological polar surface area (TPSA) is 66.0 Å². The van der Waals surface area contributed by atoms with Gasteiger partial charge < -0.3 is 20.3 Å². The summed E-state index contributed by atoms with van der Waals surface area (Å²) in [6, 6.07) is 8.03. The summed E-state index contributed by atoms with van der Waals surface area (Å²) < 4.78 is 5.81. The summed E-state index contributed by atoms with van der Waals surface area (Å²) in [4.78, 5) is 18.1. The van der Waals surface area contributed by atoms with Crippen LogP contribution >= 0.6 is 0 Å². The lowest BCUT2D eigenvalue weighted by Crippen LogP contribution is -2.46. The Bertz CT molecular complexity index is 581. The average molecular weight is 346 g/mol. The van der Waals surface area contributed by atoms with Crippen LogP contribution in [-0.4, -0.2) is 57.1 Å². The number of nitrogens with zero attached hydrogens (tertiary/aromatic N) is 2. The number of guanidine groups is 1. The molecule has 0 atom stereocenters. The predicted octanol–water partition coefficient (Wildman–Crippen LogP) is 1.80. The van der Waals surface area contributed by atoms with E-state index in [0.29, 0.717) is 25.5 Å². The summed E-state index contributed by atoms with van der Waals surface area (Å²) in [6.45, 7) is 5.21. The maximum Gasteiger partial charge on any atom is 0.220 e. The van der Waals surface area contributed by atoms with Crippen LogP contribution in [0.4, 0.5) is 0 Å². The summed E-state index contributed by atoms with van der Waals surface area (Å²) in [5, 5.41) is 6.07. The Hall–Kier alpha value is -2.24. The number of ether oxygens (including phenoxy) is 1. The number of aliphatic imine (C=N–C) groups is 1. The number of rotatable bonds is 6. The fourth-order valence-corrected chi connectivity index (χ4v) is 3.09. The second-order valence-electron chi connectivity index (χ2n) is 6.40. The quantitative estimate of drug-likeness (QED) is 0.468. The Morgan fingerprint density at radius 3 is 2.68 bits per heavy atom. The highest BCUT2D eigenvalue weighted by Crippen LogP contribution is 2.20. The number of nitrogens with one attached hydrogen (secondary N) is 2. The molecule has 0 bridgehead atoms. The van der Waals surface area contributed by atoms with Gasteiger partial charge in [-0.25, -0.2) is 0 Å². The van der Waals surface area contributed by atoms with Gasteiger partial charge in [0.15, 0.2) is 5.96 Å². The standard InChI is InChI=1S/C19H30N4O2/c1-15-6-4-5-7-17(15)25-13-10-22-19(21-3)23-11-8-16(9-12-23)14-18(24)20-2/h4-7,16H,8-14H2,1-3H3,(H,20,24)(H,21,22). The van der Waals surface area contributed by atoms with Crippen LogP contribution in [0.15, 0.2) is 29.3 Å². The van der Waals surface area contributed by atoms with E-state index in [1.807, 2.05) is 31.2 Å². The van der Waals surface area contributed by atoms with Crippen molar-refractivity contribution in [2.45, 2.75) is 26.2 Å². The van der Waals surface area contributed by atoms with Gasteiger partial charge in [0.1, 0.15) is 12.4 Å². The van der Waals surface area contributed by atoms with Gasteiger partial charge in [0, 0.05) is 33.6 Å². The normalized spacial score (nSPS) is 15.8. The van der Waals surface area contributed by atoms with E-state index in [0.717, 1.165) is 43.2 Å². The van der Waals surface area contributed by atoms with Crippen LogP contribution in [0.1, 0.15) is 24.8 Å². The van der Waals surface area contributed by atoms with Crippen molar-refractivity contribution in [2.75, 3.05) is 40.3 Å². The molecule has 6 nitrogen and oxygen atoms in total. The van der Waals surface area contributed by atoms with Crippen LogP contribution in [0.5, 0.6) is 5.75 Å². The Kier molecular flexibility index (Phi) is 7.57. The van der Waals surface area contributed by atoms with Crippen LogP contribution < -0.4 is 15.4 Å². The lowest BCUT2D eigenvalue weighted by atomic mass is 9.93. The fourth-order valence-electron chi connectivity index (χ4n) is 3.09. The van der Waals surface area contributed by atoms with Crippen molar-refractivity contribution in [3.8, 4) is 5.75 Å². The number of amides is 1. The van der Waals surface area contributed by atoms with Crippen molar-refractivity contribution in [1.82, 2.24) is 15.5 Å². The van der Waals surface area contributed by atoms with E-state index in [1.165, 1.54) is 0 Å². The Labute approximate surface area is 150 Å². The highest BCUT2D eigenvalue weighted by atomic mass is 16.5. The minimum Gasteiger partial charge on any atom is -0.491 e. The van der Waals surface area contributed by atoms with Gasteiger partial charge >= 0.3 is 0 Å². The highest BCUT2D eigenvalue weighted by molar-refractivity contribution is 5.80. The molecule has 0 spiro atoms. The number of carbonyl (C=O) groups is 1. The molecule has 1 amide bonds. The van der Waals surface area contributed by atoms with Gasteiger partial charge in [0.05, 0.1) is 6.54 Å². The zero-order valence-electron chi connectivity index (χ0n) is 15.5. The number of benzene rings is 1. The van der Waals surface area contributed by atoms with Crippen LogP contribution in [0.2, 0.25) is 0 Å². The molecule has 2 rings (SSSR count). The molecule has 2 N–H and O–H groups in total. The molecule has 1 aromatic carbocycles. The molecule has 1 aromatic rings. The largest absolute Gasteiger partial charge is 0.491 e. The van der Waals surface area contributed by atoms with Crippen molar-refractivity contribution in [3.63, 3.8) is 0 Å². The second kappa shape index (κ2) is 9.91. The van der Waals surface area contributed by atoms with Gasteiger partial charge in [0.2, 0.25) is 5.91 Å². The number of hydrogen-bond acceptors (Lipinski definition) is 3. The van der Waals surface area contributed by atoms with Gasteiger partial charge in [0.25, 0.3) is 0 Å². The molecule has 25 heavy (non-hydrogen) atoms. The molecule has 1 fully saturated rings. The molecule has 1 saturated heterocycles. The molecular weight excluding hydrogens is 316 g/mol. The number of hydrogen-bond donors (Lipinski definition) is 2. The smallest absolute Gasteiger partial charge is 0.220 e.